The summed E-state index contributed by atoms with van der Waals surface area (Å²) in [7, 11) is 0. The summed E-state index contributed by atoms with van der Waals surface area (Å²) < 4.78 is 19.3. The van der Waals surface area contributed by atoms with Crippen LogP contribution in [0.5, 0.6) is 0 Å². The number of benzene rings is 2. The van der Waals surface area contributed by atoms with Gasteiger partial charge in [0, 0.05) is 10.0 Å². The largest absolute Gasteiger partial charge is 0.367 e. The second-order valence-corrected chi connectivity index (χ2v) is 5.71. The van der Waals surface area contributed by atoms with Crippen LogP contribution in [0.15, 0.2) is 51.5 Å². The van der Waals surface area contributed by atoms with Gasteiger partial charge in [-0.3, -0.25) is 0 Å². The molecule has 3 rings (SSSR count). The van der Waals surface area contributed by atoms with Crippen molar-refractivity contribution in [3.63, 3.8) is 0 Å². The highest BCUT2D eigenvalue weighted by atomic mass is 79.9. The minimum absolute atomic E-state index is 0.219. The van der Waals surface area contributed by atoms with Crippen LogP contribution in [-0.2, 0) is 0 Å². The second kappa shape index (κ2) is 5.33. The Labute approximate surface area is 129 Å². The number of hydrogen-bond donors (Lipinski definition) is 1. The van der Waals surface area contributed by atoms with Crippen LogP contribution >= 0.6 is 15.9 Å². The number of nitrogens with two attached hydrogens (primary N) is 1. The van der Waals surface area contributed by atoms with Gasteiger partial charge in [-0.05, 0) is 30.7 Å². The highest BCUT2D eigenvalue weighted by Crippen LogP contribution is 2.37. The zero-order chi connectivity index (χ0) is 15.0. The third-order valence-corrected chi connectivity index (χ3v) is 3.62. The zero-order valence-electron chi connectivity index (χ0n) is 11.2. The second-order valence-electron chi connectivity index (χ2n) is 4.80. The summed E-state index contributed by atoms with van der Waals surface area (Å²) in [5.74, 6) is -0.132. The number of anilines is 1. The zero-order valence-corrected chi connectivity index (χ0v) is 12.8. The minimum Gasteiger partial charge on any atom is -0.367 e. The SMILES string of the molecule is Cc1cccc(-c2c(-c3cc(F)cc(Br)c3)noc2N)c1. The fourth-order valence-corrected chi connectivity index (χ4v) is 2.74. The molecule has 3 aromatic rings. The van der Waals surface area contributed by atoms with Gasteiger partial charge in [0.15, 0.2) is 0 Å². The molecule has 106 valence electrons. The smallest absolute Gasteiger partial charge is 0.230 e. The lowest BCUT2D eigenvalue weighted by molar-refractivity contribution is 0.439. The van der Waals surface area contributed by atoms with E-state index < -0.39 is 0 Å². The Bertz CT molecular complexity index is 794. The van der Waals surface area contributed by atoms with E-state index in [-0.39, 0.29) is 11.7 Å². The van der Waals surface area contributed by atoms with Crippen LogP contribution in [0.4, 0.5) is 10.3 Å². The predicted octanol–water partition coefficient (Wildman–Crippen LogP) is 4.80. The molecule has 0 spiro atoms. The van der Waals surface area contributed by atoms with Crippen LogP contribution in [0.2, 0.25) is 0 Å². The van der Waals surface area contributed by atoms with E-state index in [0.717, 1.165) is 11.1 Å². The van der Waals surface area contributed by atoms with Crippen LogP contribution in [0.1, 0.15) is 5.56 Å². The van der Waals surface area contributed by atoms with E-state index in [0.29, 0.717) is 21.3 Å². The lowest BCUT2D eigenvalue weighted by Gasteiger charge is -2.05. The van der Waals surface area contributed by atoms with Crippen molar-refractivity contribution in [1.29, 1.82) is 0 Å². The molecule has 0 bridgehead atoms. The molecule has 0 aliphatic carbocycles. The summed E-state index contributed by atoms with van der Waals surface area (Å²) in [6, 6.07) is 12.4. The first kappa shape index (κ1) is 13.8. The van der Waals surface area contributed by atoms with E-state index in [9.17, 15) is 4.39 Å². The van der Waals surface area contributed by atoms with Crippen molar-refractivity contribution in [2.75, 3.05) is 5.73 Å². The van der Waals surface area contributed by atoms with Crippen molar-refractivity contribution in [1.82, 2.24) is 5.16 Å². The molecular formula is C16H12BrFN2O. The Morgan fingerprint density at radius 2 is 1.95 bits per heavy atom. The Kier molecular flexibility index (Phi) is 3.51. The fraction of sp³-hybridized carbons (Fsp3) is 0.0625. The number of aryl methyl sites for hydroxylation is 1. The van der Waals surface area contributed by atoms with Gasteiger partial charge in [0.25, 0.3) is 0 Å². The molecule has 0 radical (unpaired) electrons. The van der Waals surface area contributed by atoms with Crippen molar-refractivity contribution in [2.45, 2.75) is 6.92 Å². The third kappa shape index (κ3) is 2.69. The molecule has 0 saturated carbocycles. The molecule has 21 heavy (non-hydrogen) atoms. The fourth-order valence-electron chi connectivity index (χ4n) is 2.27. The van der Waals surface area contributed by atoms with Gasteiger partial charge in [-0.25, -0.2) is 4.39 Å². The van der Waals surface area contributed by atoms with Crippen LogP contribution in [-0.4, -0.2) is 5.16 Å². The molecule has 0 saturated heterocycles. The molecule has 0 aliphatic rings. The highest BCUT2D eigenvalue weighted by Gasteiger charge is 2.18. The third-order valence-electron chi connectivity index (χ3n) is 3.16. The molecule has 5 heteroatoms. The molecule has 1 heterocycles. The summed E-state index contributed by atoms with van der Waals surface area (Å²) in [6.45, 7) is 1.99. The standard InChI is InChI=1S/C16H12BrFN2O/c1-9-3-2-4-10(5-9)14-15(20-21-16(14)19)11-6-12(17)8-13(18)7-11/h2-8H,19H2,1H3. The van der Waals surface area contributed by atoms with E-state index in [2.05, 4.69) is 21.1 Å². The van der Waals surface area contributed by atoms with Gasteiger partial charge < -0.3 is 10.3 Å². The molecule has 2 N–H and O–H groups in total. The normalized spacial score (nSPS) is 10.8. The monoisotopic (exact) mass is 346 g/mol. The number of nitrogen functional groups attached to an aromatic ring is 1. The van der Waals surface area contributed by atoms with Crippen molar-refractivity contribution in [3.8, 4) is 22.4 Å². The van der Waals surface area contributed by atoms with Gasteiger partial charge in [-0.2, -0.15) is 0 Å². The maximum Gasteiger partial charge on any atom is 0.230 e. The number of rotatable bonds is 2. The Morgan fingerprint density at radius 3 is 2.67 bits per heavy atom. The van der Waals surface area contributed by atoms with Crippen molar-refractivity contribution in [3.05, 3.63) is 58.3 Å². The minimum atomic E-state index is -0.351. The van der Waals surface area contributed by atoms with E-state index in [1.807, 2.05) is 31.2 Å². The van der Waals surface area contributed by atoms with Crippen LogP contribution < -0.4 is 5.73 Å². The first-order valence-corrected chi connectivity index (χ1v) is 7.12. The highest BCUT2D eigenvalue weighted by molar-refractivity contribution is 9.10. The lowest BCUT2D eigenvalue weighted by atomic mass is 9.99. The summed E-state index contributed by atoms with van der Waals surface area (Å²) in [4.78, 5) is 0. The number of halogens is 2. The molecule has 3 nitrogen and oxygen atoms in total. The van der Waals surface area contributed by atoms with Gasteiger partial charge in [0.2, 0.25) is 5.88 Å². The molecule has 0 unspecified atom stereocenters. The summed E-state index contributed by atoms with van der Waals surface area (Å²) in [5, 5.41) is 3.99. The molecule has 0 amide bonds. The number of hydrogen-bond acceptors (Lipinski definition) is 3. The maximum absolute atomic E-state index is 13.6. The Hall–Kier alpha value is -2.14. The van der Waals surface area contributed by atoms with Crippen molar-refractivity contribution in [2.24, 2.45) is 0 Å². The molecule has 0 aliphatic heterocycles. The van der Waals surface area contributed by atoms with Gasteiger partial charge in [0.1, 0.15) is 11.5 Å². The van der Waals surface area contributed by atoms with Gasteiger partial charge in [-0.1, -0.05) is 50.9 Å². The van der Waals surface area contributed by atoms with Crippen LogP contribution in [0.25, 0.3) is 22.4 Å². The van der Waals surface area contributed by atoms with Crippen LogP contribution in [0.3, 0.4) is 0 Å². The first-order valence-electron chi connectivity index (χ1n) is 6.33. The lowest BCUT2D eigenvalue weighted by Crippen LogP contribution is -1.89. The van der Waals surface area contributed by atoms with Crippen LogP contribution in [0, 0.1) is 12.7 Å². The summed E-state index contributed by atoms with van der Waals surface area (Å²) >= 11 is 3.28. The topological polar surface area (TPSA) is 52.0 Å². The summed E-state index contributed by atoms with van der Waals surface area (Å²) in [5.41, 5.74) is 9.71. The molecule has 1 aromatic heterocycles. The van der Waals surface area contributed by atoms with Gasteiger partial charge in [0.05, 0.1) is 5.56 Å². The Morgan fingerprint density at radius 1 is 1.14 bits per heavy atom. The number of aromatic nitrogens is 1. The summed E-state index contributed by atoms with van der Waals surface area (Å²) in [6.07, 6.45) is 0. The molecule has 2 aromatic carbocycles. The quantitative estimate of drug-likeness (QED) is 0.724. The average Bonchev–Trinajstić information content (AvgIpc) is 2.79. The average molecular weight is 347 g/mol. The van der Waals surface area contributed by atoms with E-state index in [1.54, 1.807) is 6.07 Å². The van der Waals surface area contributed by atoms with Crippen molar-refractivity contribution >= 4 is 21.8 Å². The van der Waals surface area contributed by atoms with E-state index >= 15 is 0 Å². The first-order chi connectivity index (χ1) is 10.0. The van der Waals surface area contributed by atoms with Gasteiger partial charge in [-0.15, -0.1) is 0 Å². The number of nitrogens with zero attached hydrogens (tertiary/aromatic N) is 1. The molecule has 0 atom stereocenters. The van der Waals surface area contributed by atoms with E-state index in [4.69, 9.17) is 10.3 Å². The predicted molar refractivity (Wildman–Crippen MR) is 84.2 cm³/mol. The van der Waals surface area contributed by atoms with E-state index in [1.165, 1.54) is 12.1 Å². The van der Waals surface area contributed by atoms with Crippen molar-refractivity contribution < 1.29 is 8.91 Å². The maximum atomic E-state index is 13.6. The molecule has 0 fully saturated rings. The Balaban J connectivity index is 2.21. The molecular weight excluding hydrogens is 335 g/mol. The van der Waals surface area contributed by atoms with Gasteiger partial charge >= 0.3 is 0 Å².